The largest absolute Gasteiger partial charge is 0.389 e. The molecule has 4 heteroatoms. The Morgan fingerprint density at radius 2 is 2.20 bits per heavy atom. The van der Waals surface area contributed by atoms with Crippen molar-refractivity contribution < 1.29 is 9.84 Å². The first-order valence-electron chi connectivity index (χ1n) is 3.26. The van der Waals surface area contributed by atoms with Gasteiger partial charge in [-0.05, 0) is 0 Å². The van der Waals surface area contributed by atoms with Crippen molar-refractivity contribution in [2.75, 3.05) is 19.8 Å². The fraction of sp³-hybridized carbons (Fsp3) is 1.00. The summed E-state index contributed by atoms with van der Waals surface area (Å²) in [5.41, 5.74) is 5.16. The van der Waals surface area contributed by atoms with Crippen LogP contribution in [0.2, 0.25) is 0 Å². The van der Waals surface area contributed by atoms with Crippen LogP contribution in [-0.4, -0.2) is 34.9 Å². The van der Waals surface area contributed by atoms with Crippen molar-refractivity contribution in [2.45, 2.75) is 17.0 Å². The summed E-state index contributed by atoms with van der Waals surface area (Å²) in [6, 6.07) is 0. The van der Waals surface area contributed by atoms with Gasteiger partial charge in [0.15, 0.2) is 0 Å². The van der Waals surface area contributed by atoms with Crippen molar-refractivity contribution in [1.29, 1.82) is 0 Å². The quantitative estimate of drug-likeness (QED) is 0.545. The van der Waals surface area contributed by atoms with Gasteiger partial charge < -0.3 is 15.6 Å². The molecule has 2 atom stereocenters. The smallest absolute Gasteiger partial charge is 0.0895 e. The third-order valence-corrected chi connectivity index (χ3v) is 1.29. The minimum atomic E-state index is -0.504. The third-order valence-electron chi connectivity index (χ3n) is 0.930. The van der Waals surface area contributed by atoms with E-state index in [1.165, 1.54) is 0 Å². The Balaban J connectivity index is 3.03. The number of nitrogens with two attached hydrogens (primary N) is 1. The second-order valence-corrected chi connectivity index (χ2v) is 4.33. The summed E-state index contributed by atoms with van der Waals surface area (Å²) in [6.07, 6.45) is -0.504. The molecule has 0 aliphatic rings. The van der Waals surface area contributed by atoms with Crippen LogP contribution in [0.25, 0.3) is 0 Å². The van der Waals surface area contributed by atoms with Gasteiger partial charge in [-0.1, -0.05) is 29.5 Å². The zero-order valence-electron chi connectivity index (χ0n) is 6.09. The second-order valence-electron chi connectivity index (χ2n) is 2.21. The molecule has 0 fully saturated rings. The zero-order chi connectivity index (χ0) is 7.98. The monoisotopic (exact) mass is 259 g/mol. The lowest BCUT2D eigenvalue weighted by Gasteiger charge is -2.09. The average molecular weight is 259 g/mol. The van der Waals surface area contributed by atoms with Crippen molar-refractivity contribution in [3.05, 3.63) is 0 Å². The van der Waals surface area contributed by atoms with Crippen LogP contribution in [0.1, 0.15) is 6.92 Å². The molecule has 0 saturated carbocycles. The molecular formula is C6H14INO2. The Morgan fingerprint density at radius 1 is 1.60 bits per heavy atom. The van der Waals surface area contributed by atoms with E-state index in [9.17, 15) is 0 Å². The minimum Gasteiger partial charge on any atom is -0.389 e. The number of ether oxygens (including phenoxy) is 1. The summed E-state index contributed by atoms with van der Waals surface area (Å²) in [4.78, 5) is 0. The molecule has 0 aromatic carbocycles. The van der Waals surface area contributed by atoms with E-state index < -0.39 is 6.10 Å². The molecule has 2 unspecified atom stereocenters. The molecule has 0 heterocycles. The summed E-state index contributed by atoms with van der Waals surface area (Å²) in [5, 5.41) is 8.92. The molecular weight excluding hydrogens is 245 g/mol. The highest BCUT2D eigenvalue weighted by molar-refractivity contribution is 14.1. The minimum absolute atomic E-state index is 0.273. The van der Waals surface area contributed by atoms with Gasteiger partial charge in [-0.15, -0.1) is 0 Å². The maximum atomic E-state index is 8.92. The van der Waals surface area contributed by atoms with Crippen LogP contribution >= 0.6 is 22.6 Å². The summed E-state index contributed by atoms with van der Waals surface area (Å²) in [7, 11) is 0. The summed E-state index contributed by atoms with van der Waals surface area (Å²) < 4.78 is 5.60. The van der Waals surface area contributed by atoms with E-state index in [-0.39, 0.29) is 6.54 Å². The molecule has 0 bridgehead atoms. The molecule has 0 aromatic rings. The standard InChI is InChI=1S/C6H14INO2/c1-5(7)3-10-4-6(9)2-8/h5-6,9H,2-4,8H2,1H3. The van der Waals surface area contributed by atoms with E-state index in [1.807, 2.05) is 0 Å². The molecule has 0 aliphatic carbocycles. The Morgan fingerprint density at radius 3 is 2.60 bits per heavy atom. The predicted octanol–water partition coefficient (Wildman–Crippen LogP) is 0.146. The van der Waals surface area contributed by atoms with Gasteiger partial charge in [0.05, 0.1) is 19.3 Å². The molecule has 10 heavy (non-hydrogen) atoms. The van der Waals surface area contributed by atoms with Crippen molar-refractivity contribution >= 4 is 22.6 Å². The maximum absolute atomic E-state index is 8.92. The van der Waals surface area contributed by atoms with Crippen LogP contribution in [0.3, 0.4) is 0 Å². The summed E-state index contributed by atoms with van der Waals surface area (Å²) in [5.74, 6) is 0. The second kappa shape index (κ2) is 6.33. The highest BCUT2D eigenvalue weighted by Crippen LogP contribution is 1.98. The van der Waals surface area contributed by atoms with E-state index in [4.69, 9.17) is 15.6 Å². The van der Waals surface area contributed by atoms with Crippen molar-refractivity contribution in [3.63, 3.8) is 0 Å². The molecule has 0 spiro atoms. The molecule has 62 valence electrons. The maximum Gasteiger partial charge on any atom is 0.0895 e. The van der Waals surface area contributed by atoms with Gasteiger partial charge >= 0.3 is 0 Å². The van der Waals surface area contributed by atoms with Crippen molar-refractivity contribution in [1.82, 2.24) is 0 Å². The van der Waals surface area contributed by atoms with Gasteiger partial charge in [0.1, 0.15) is 0 Å². The highest BCUT2D eigenvalue weighted by atomic mass is 127. The Hall–Kier alpha value is 0.610. The first kappa shape index (κ1) is 10.6. The van der Waals surface area contributed by atoms with E-state index in [0.29, 0.717) is 17.1 Å². The summed E-state index contributed by atoms with van der Waals surface area (Å²) in [6.45, 7) is 3.35. The molecule has 3 nitrogen and oxygen atoms in total. The van der Waals surface area contributed by atoms with Crippen molar-refractivity contribution in [3.8, 4) is 0 Å². The zero-order valence-corrected chi connectivity index (χ0v) is 8.24. The van der Waals surface area contributed by atoms with Crippen LogP contribution in [0, 0.1) is 0 Å². The molecule has 0 aromatic heterocycles. The molecule has 0 amide bonds. The number of halogens is 1. The van der Waals surface area contributed by atoms with Crippen LogP contribution in [0.4, 0.5) is 0 Å². The van der Waals surface area contributed by atoms with E-state index in [2.05, 4.69) is 29.5 Å². The third kappa shape index (κ3) is 6.73. The van der Waals surface area contributed by atoms with Crippen LogP contribution in [0.15, 0.2) is 0 Å². The van der Waals surface area contributed by atoms with Gasteiger partial charge in [-0.3, -0.25) is 0 Å². The molecule has 0 aliphatic heterocycles. The fourth-order valence-electron chi connectivity index (χ4n) is 0.435. The van der Waals surface area contributed by atoms with E-state index >= 15 is 0 Å². The molecule has 3 N–H and O–H groups in total. The fourth-order valence-corrected chi connectivity index (χ4v) is 0.689. The Bertz CT molecular complexity index is 80.1. The first-order valence-corrected chi connectivity index (χ1v) is 4.51. The van der Waals surface area contributed by atoms with Gasteiger partial charge in [0, 0.05) is 10.5 Å². The molecule has 0 radical (unpaired) electrons. The highest BCUT2D eigenvalue weighted by Gasteiger charge is 2.01. The summed E-state index contributed by atoms with van der Waals surface area (Å²) >= 11 is 2.26. The van der Waals surface area contributed by atoms with Gasteiger partial charge in [-0.2, -0.15) is 0 Å². The molecule has 0 saturated heterocycles. The number of hydrogen-bond acceptors (Lipinski definition) is 3. The van der Waals surface area contributed by atoms with Crippen LogP contribution in [0.5, 0.6) is 0 Å². The van der Waals surface area contributed by atoms with Crippen LogP contribution in [-0.2, 0) is 4.74 Å². The van der Waals surface area contributed by atoms with Crippen LogP contribution < -0.4 is 5.73 Å². The van der Waals surface area contributed by atoms with E-state index in [1.54, 1.807) is 0 Å². The lowest BCUT2D eigenvalue weighted by atomic mass is 10.4. The van der Waals surface area contributed by atoms with Gasteiger partial charge in [0.2, 0.25) is 0 Å². The number of aliphatic hydroxyl groups is 1. The normalized spacial score (nSPS) is 16.8. The number of hydrogen-bond donors (Lipinski definition) is 2. The lowest BCUT2D eigenvalue weighted by molar-refractivity contribution is 0.0442. The average Bonchev–Trinajstić information content (AvgIpc) is 1.87. The number of rotatable bonds is 5. The molecule has 0 rings (SSSR count). The topological polar surface area (TPSA) is 55.5 Å². The van der Waals surface area contributed by atoms with Gasteiger partial charge in [-0.25, -0.2) is 0 Å². The number of aliphatic hydroxyl groups excluding tert-OH is 1. The number of alkyl halides is 1. The SMILES string of the molecule is CC(I)COCC(O)CN. The Kier molecular flexibility index (Phi) is 6.71. The predicted molar refractivity (Wildman–Crippen MR) is 49.4 cm³/mol. The van der Waals surface area contributed by atoms with E-state index in [0.717, 1.165) is 0 Å². The Labute approximate surface area is 75.1 Å². The first-order chi connectivity index (χ1) is 4.66. The van der Waals surface area contributed by atoms with Crippen molar-refractivity contribution in [2.24, 2.45) is 5.73 Å². The lowest BCUT2D eigenvalue weighted by Crippen LogP contribution is -2.26. The van der Waals surface area contributed by atoms with Gasteiger partial charge in [0.25, 0.3) is 0 Å².